The summed E-state index contributed by atoms with van der Waals surface area (Å²) in [5.41, 5.74) is 3.45. The number of para-hydroxylation sites is 1. The Bertz CT molecular complexity index is 1110. The molecule has 138 valence electrons. The first-order valence-corrected chi connectivity index (χ1v) is 9.62. The Balaban J connectivity index is 1.62. The molecule has 7 heteroatoms. The number of aliphatic hydroxyl groups excluding tert-OH is 1. The Kier molecular flexibility index (Phi) is 4.02. The van der Waals surface area contributed by atoms with Crippen LogP contribution in [0.15, 0.2) is 42.9 Å². The van der Waals surface area contributed by atoms with Crippen molar-refractivity contribution in [1.29, 1.82) is 0 Å². The summed E-state index contributed by atoms with van der Waals surface area (Å²) in [6, 6.07) is 8.39. The zero-order chi connectivity index (χ0) is 18.4. The maximum atomic E-state index is 9.76. The number of aromatic amines is 1. The lowest BCUT2D eigenvalue weighted by atomic mass is 9.93. The molecule has 0 radical (unpaired) electrons. The summed E-state index contributed by atoms with van der Waals surface area (Å²) in [6.45, 7) is 0. The summed E-state index contributed by atoms with van der Waals surface area (Å²) in [5.74, 6) is 0.728. The molecule has 0 spiro atoms. The topological polar surface area (TPSA) is 78.2 Å². The lowest BCUT2D eigenvalue weighted by Gasteiger charge is -2.27. The summed E-state index contributed by atoms with van der Waals surface area (Å²) in [5, 5.41) is 14.9. The lowest BCUT2D eigenvalue weighted by Crippen LogP contribution is -2.28. The third-order valence-electron chi connectivity index (χ3n) is 5.36. The minimum Gasteiger partial charge on any atom is -0.393 e. The summed E-state index contributed by atoms with van der Waals surface area (Å²) in [4.78, 5) is 12.6. The quantitative estimate of drug-likeness (QED) is 0.495. The molecule has 0 saturated heterocycles. The summed E-state index contributed by atoms with van der Waals surface area (Å²) in [7, 11) is 0. The molecule has 0 atom stereocenters. The van der Waals surface area contributed by atoms with Gasteiger partial charge < -0.3 is 15.4 Å². The molecular formula is C20H20ClN5O. The van der Waals surface area contributed by atoms with Crippen molar-refractivity contribution in [2.75, 3.05) is 5.32 Å². The third-order valence-corrected chi connectivity index (χ3v) is 5.73. The number of halogens is 1. The second-order valence-corrected chi connectivity index (χ2v) is 7.48. The van der Waals surface area contributed by atoms with Crippen LogP contribution in [-0.4, -0.2) is 36.6 Å². The molecule has 3 heterocycles. The van der Waals surface area contributed by atoms with E-state index < -0.39 is 0 Å². The van der Waals surface area contributed by atoms with E-state index in [1.165, 1.54) is 0 Å². The van der Waals surface area contributed by atoms with E-state index in [0.717, 1.165) is 59.3 Å². The zero-order valence-corrected chi connectivity index (χ0v) is 15.4. The first-order valence-electron chi connectivity index (χ1n) is 9.24. The van der Waals surface area contributed by atoms with Crippen molar-refractivity contribution >= 4 is 34.0 Å². The minimum absolute atomic E-state index is 0.186. The van der Waals surface area contributed by atoms with Gasteiger partial charge in [-0.1, -0.05) is 29.8 Å². The molecule has 1 aliphatic rings. The summed E-state index contributed by atoms with van der Waals surface area (Å²) < 4.78 is 1.87. The number of H-pyrrole nitrogens is 1. The number of hydrogen-bond acceptors (Lipinski definition) is 4. The van der Waals surface area contributed by atoms with E-state index >= 15 is 0 Å². The normalized spacial score (nSPS) is 20.4. The second-order valence-electron chi connectivity index (χ2n) is 7.12. The Hall–Kier alpha value is -2.57. The molecule has 4 aromatic rings. The molecule has 27 heavy (non-hydrogen) atoms. The molecule has 3 N–H and O–H groups in total. The van der Waals surface area contributed by atoms with Crippen LogP contribution in [0.1, 0.15) is 25.7 Å². The van der Waals surface area contributed by atoms with E-state index in [1.54, 1.807) is 6.20 Å². The van der Waals surface area contributed by atoms with Crippen LogP contribution in [0.5, 0.6) is 0 Å². The number of aromatic nitrogens is 4. The highest BCUT2D eigenvalue weighted by Crippen LogP contribution is 2.35. The van der Waals surface area contributed by atoms with Crippen LogP contribution in [0.4, 0.5) is 5.82 Å². The van der Waals surface area contributed by atoms with Crippen molar-refractivity contribution in [1.82, 2.24) is 19.4 Å². The molecule has 1 aromatic carbocycles. The fraction of sp³-hybridized carbons (Fsp3) is 0.300. The maximum Gasteiger partial charge on any atom is 0.181 e. The van der Waals surface area contributed by atoms with Crippen molar-refractivity contribution in [2.45, 2.75) is 37.8 Å². The van der Waals surface area contributed by atoms with E-state index in [-0.39, 0.29) is 12.1 Å². The Labute approximate surface area is 161 Å². The Morgan fingerprint density at radius 2 is 2.00 bits per heavy atom. The van der Waals surface area contributed by atoms with Gasteiger partial charge in [0.05, 0.1) is 6.10 Å². The number of nitrogens with one attached hydrogen (secondary N) is 2. The molecule has 0 aliphatic heterocycles. The number of anilines is 1. The van der Waals surface area contributed by atoms with Gasteiger partial charge in [-0.3, -0.25) is 4.40 Å². The average molecular weight is 382 g/mol. The predicted molar refractivity (Wildman–Crippen MR) is 107 cm³/mol. The van der Waals surface area contributed by atoms with Gasteiger partial charge in [0.1, 0.15) is 10.8 Å². The fourth-order valence-electron chi connectivity index (χ4n) is 3.91. The molecular weight excluding hydrogens is 362 g/mol. The van der Waals surface area contributed by atoms with E-state index in [0.29, 0.717) is 5.15 Å². The first kappa shape index (κ1) is 16.6. The minimum atomic E-state index is -0.186. The van der Waals surface area contributed by atoms with Crippen molar-refractivity contribution in [3.63, 3.8) is 0 Å². The number of nitrogens with zero attached hydrogens (tertiary/aromatic N) is 3. The third kappa shape index (κ3) is 2.85. The van der Waals surface area contributed by atoms with Gasteiger partial charge in [0, 0.05) is 41.1 Å². The smallest absolute Gasteiger partial charge is 0.181 e. The van der Waals surface area contributed by atoms with Crippen LogP contribution >= 0.6 is 11.6 Å². The van der Waals surface area contributed by atoms with E-state index in [1.807, 2.05) is 35.0 Å². The number of rotatable bonds is 3. The molecule has 0 bridgehead atoms. The van der Waals surface area contributed by atoms with Crippen LogP contribution in [0.2, 0.25) is 5.15 Å². The molecule has 0 amide bonds. The molecule has 0 unspecified atom stereocenters. The average Bonchev–Trinajstić information content (AvgIpc) is 3.33. The van der Waals surface area contributed by atoms with E-state index in [9.17, 15) is 5.11 Å². The van der Waals surface area contributed by atoms with Crippen molar-refractivity contribution < 1.29 is 5.11 Å². The first-order chi connectivity index (χ1) is 13.2. The van der Waals surface area contributed by atoms with Crippen LogP contribution in [0.25, 0.3) is 27.8 Å². The van der Waals surface area contributed by atoms with Gasteiger partial charge in [0.25, 0.3) is 0 Å². The van der Waals surface area contributed by atoms with Gasteiger partial charge in [-0.2, -0.15) is 0 Å². The van der Waals surface area contributed by atoms with Gasteiger partial charge in [0.15, 0.2) is 11.5 Å². The molecule has 3 aromatic heterocycles. The number of fused-ring (bicyclic) bond motifs is 2. The Morgan fingerprint density at radius 1 is 1.19 bits per heavy atom. The predicted octanol–water partition coefficient (Wildman–Crippen LogP) is 4.25. The molecule has 1 saturated carbocycles. The lowest BCUT2D eigenvalue weighted by molar-refractivity contribution is 0.126. The highest BCUT2D eigenvalue weighted by molar-refractivity contribution is 6.32. The Morgan fingerprint density at radius 3 is 2.85 bits per heavy atom. The molecule has 6 nitrogen and oxygen atoms in total. The van der Waals surface area contributed by atoms with Crippen LogP contribution in [0, 0.1) is 0 Å². The summed E-state index contributed by atoms with van der Waals surface area (Å²) in [6.07, 6.45) is 8.81. The highest BCUT2D eigenvalue weighted by atomic mass is 35.5. The summed E-state index contributed by atoms with van der Waals surface area (Å²) >= 11 is 6.69. The number of aliphatic hydroxyl groups is 1. The monoisotopic (exact) mass is 381 g/mol. The number of hydrogen-bond donors (Lipinski definition) is 3. The SMILES string of the molecule is O[C@H]1CC[C@@H](Nc2nc(-c3c[nH]c4ccccc34)c(Cl)n3ccnc23)CC1. The van der Waals surface area contributed by atoms with Gasteiger partial charge in [-0.15, -0.1) is 0 Å². The highest BCUT2D eigenvalue weighted by Gasteiger charge is 2.23. The second kappa shape index (κ2) is 6.55. The maximum absolute atomic E-state index is 9.76. The molecule has 1 fully saturated rings. The molecule has 5 rings (SSSR count). The van der Waals surface area contributed by atoms with Gasteiger partial charge in [-0.05, 0) is 31.7 Å². The van der Waals surface area contributed by atoms with E-state index in [2.05, 4.69) is 21.4 Å². The largest absolute Gasteiger partial charge is 0.393 e. The molecule has 1 aliphatic carbocycles. The van der Waals surface area contributed by atoms with Crippen molar-refractivity contribution in [2.24, 2.45) is 0 Å². The fourth-order valence-corrected chi connectivity index (χ4v) is 4.19. The van der Waals surface area contributed by atoms with E-state index in [4.69, 9.17) is 16.6 Å². The van der Waals surface area contributed by atoms with Crippen LogP contribution in [0.3, 0.4) is 0 Å². The van der Waals surface area contributed by atoms with Crippen LogP contribution < -0.4 is 5.32 Å². The van der Waals surface area contributed by atoms with Crippen LogP contribution in [-0.2, 0) is 0 Å². The standard InChI is InChI=1S/C20H20ClN5O/c21-18-17(15-11-23-16-4-2-1-3-14(15)16)25-19(20-22-9-10-26(18)20)24-12-5-7-13(27)8-6-12/h1-4,9-13,23,27H,5-8H2,(H,24,25)/t12-,13+. The number of benzene rings is 1. The van der Waals surface area contributed by atoms with Gasteiger partial charge >= 0.3 is 0 Å². The zero-order valence-electron chi connectivity index (χ0n) is 14.7. The van der Waals surface area contributed by atoms with Gasteiger partial charge in [0.2, 0.25) is 0 Å². The van der Waals surface area contributed by atoms with Crippen molar-refractivity contribution in [3.05, 3.63) is 48.0 Å². The van der Waals surface area contributed by atoms with Gasteiger partial charge in [-0.25, -0.2) is 9.97 Å². The number of imidazole rings is 1. The van der Waals surface area contributed by atoms with Crippen molar-refractivity contribution in [3.8, 4) is 11.3 Å².